The molecule has 2 rings (SSSR count). The highest BCUT2D eigenvalue weighted by Crippen LogP contribution is 2.41. The SMILES string of the molecule is CCN(CC)c1cccc2c(O)c(C)cc(N(CC)CC)c12. The summed E-state index contributed by atoms with van der Waals surface area (Å²) in [5.74, 6) is 0.403. The average Bonchev–Trinajstić information content (AvgIpc) is 2.54. The molecule has 22 heavy (non-hydrogen) atoms. The van der Waals surface area contributed by atoms with Gasteiger partial charge in [-0.3, -0.25) is 0 Å². The molecule has 3 heteroatoms. The van der Waals surface area contributed by atoms with Gasteiger partial charge in [0.25, 0.3) is 0 Å². The second-order valence-corrected chi connectivity index (χ2v) is 5.61. The van der Waals surface area contributed by atoms with Crippen molar-refractivity contribution in [2.24, 2.45) is 0 Å². The molecular weight excluding hydrogens is 272 g/mol. The molecule has 2 aromatic carbocycles. The Kier molecular flexibility index (Phi) is 5.17. The van der Waals surface area contributed by atoms with Gasteiger partial charge < -0.3 is 14.9 Å². The van der Waals surface area contributed by atoms with Crippen LogP contribution in [0.15, 0.2) is 24.3 Å². The second-order valence-electron chi connectivity index (χ2n) is 5.61. The highest BCUT2D eigenvalue weighted by molar-refractivity contribution is 6.07. The lowest BCUT2D eigenvalue weighted by Gasteiger charge is -2.29. The van der Waals surface area contributed by atoms with Gasteiger partial charge in [-0.25, -0.2) is 0 Å². The number of rotatable bonds is 6. The zero-order valence-electron chi connectivity index (χ0n) is 14.5. The third-order valence-corrected chi connectivity index (χ3v) is 4.49. The standard InChI is InChI=1S/C19H28N2O/c1-6-20(7-2)16-12-10-11-15-18(16)17(21(8-3)9-4)13-14(5)19(15)22/h10-13,22H,6-9H2,1-5H3. The van der Waals surface area contributed by atoms with Crippen molar-refractivity contribution in [3.05, 3.63) is 29.8 Å². The molecule has 0 spiro atoms. The Balaban J connectivity index is 2.85. The van der Waals surface area contributed by atoms with Crippen LogP contribution >= 0.6 is 0 Å². The van der Waals surface area contributed by atoms with Crippen LogP contribution in [0.1, 0.15) is 33.3 Å². The van der Waals surface area contributed by atoms with Gasteiger partial charge in [-0.1, -0.05) is 12.1 Å². The normalized spacial score (nSPS) is 11.0. The van der Waals surface area contributed by atoms with Crippen molar-refractivity contribution < 1.29 is 5.11 Å². The van der Waals surface area contributed by atoms with Gasteiger partial charge in [0.1, 0.15) is 5.75 Å². The van der Waals surface area contributed by atoms with Crippen molar-refractivity contribution in [3.8, 4) is 5.75 Å². The molecule has 0 heterocycles. The third-order valence-electron chi connectivity index (χ3n) is 4.49. The Morgan fingerprint density at radius 3 is 1.95 bits per heavy atom. The lowest BCUT2D eigenvalue weighted by molar-refractivity contribution is 0.477. The second kappa shape index (κ2) is 6.91. The summed E-state index contributed by atoms with van der Waals surface area (Å²) in [5, 5.41) is 12.6. The maximum Gasteiger partial charge on any atom is 0.126 e. The van der Waals surface area contributed by atoms with E-state index in [9.17, 15) is 5.11 Å². The predicted octanol–water partition coefficient (Wildman–Crippen LogP) is 4.55. The summed E-state index contributed by atoms with van der Waals surface area (Å²) in [7, 11) is 0. The van der Waals surface area contributed by atoms with E-state index >= 15 is 0 Å². The Morgan fingerprint density at radius 2 is 1.41 bits per heavy atom. The summed E-state index contributed by atoms with van der Waals surface area (Å²) in [6.45, 7) is 14.5. The Bertz CT molecular complexity index is 643. The third kappa shape index (κ3) is 2.72. The van der Waals surface area contributed by atoms with Crippen molar-refractivity contribution in [3.63, 3.8) is 0 Å². The predicted molar refractivity (Wildman–Crippen MR) is 97.5 cm³/mol. The lowest BCUT2D eigenvalue weighted by atomic mass is 10.0. The molecule has 120 valence electrons. The molecule has 0 amide bonds. The summed E-state index contributed by atoms with van der Waals surface area (Å²) in [4.78, 5) is 4.71. The molecule has 2 aromatic rings. The molecule has 0 aromatic heterocycles. The number of aryl methyl sites for hydroxylation is 1. The molecular formula is C19H28N2O. The van der Waals surface area contributed by atoms with E-state index in [0.29, 0.717) is 5.75 Å². The molecule has 0 radical (unpaired) electrons. The fourth-order valence-electron chi connectivity index (χ4n) is 3.21. The van der Waals surface area contributed by atoms with E-state index in [0.717, 1.165) is 42.5 Å². The number of phenols is 1. The molecule has 0 saturated carbocycles. The zero-order chi connectivity index (χ0) is 16.3. The van der Waals surface area contributed by atoms with Gasteiger partial charge in [-0.05, 0) is 52.3 Å². The highest BCUT2D eigenvalue weighted by Gasteiger charge is 2.17. The van der Waals surface area contributed by atoms with Gasteiger partial charge in [0, 0.05) is 48.3 Å². The fraction of sp³-hybridized carbons (Fsp3) is 0.474. The van der Waals surface area contributed by atoms with Crippen LogP contribution in [0.2, 0.25) is 0 Å². The average molecular weight is 300 g/mol. The quantitative estimate of drug-likeness (QED) is 0.848. The summed E-state index contributed by atoms with van der Waals surface area (Å²) in [6.07, 6.45) is 0. The molecule has 0 atom stereocenters. The number of fused-ring (bicyclic) bond motifs is 1. The van der Waals surface area contributed by atoms with Crippen molar-refractivity contribution >= 4 is 22.1 Å². The van der Waals surface area contributed by atoms with Gasteiger partial charge in [-0.15, -0.1) is 0 Å². The van der Waals surface area contributed by atoms with E-state index in [1.54, 1.807) is 0 Å². The smallest absolute Gasteiger partial charge is 0.126 e. The van der Waals surface area contributed by atoms with E-state index in [1.165, 1.54) is 11.4 Å². The van der Waals surface area contributed by atoms with Crippen LogP contribution < -0.4 is 9.80 Å². The molecule has 0 saturated heterocycles. The molecule has 0 bridgehead atoms. The summed E-state index contributed by atoms with van der Waals surface area (Å²) < 4.78 is 0. The topological polar surface area (TPSA) is 26.7 Å². The molecule has 0 aliphatic rings. The van der Waals surface area contributed by atoms with Gasteiger partial charge >= 0.3 is 0 Å². The van der Waals surface area contributed by atoms with Crippen LogP contribution in [0, 0.1) is 6.92 Å². The Morgan fingerprint density at radius 1 is 0.864 bits per heavy atom. The monoisotopic (exact) mass is 300 g/mol. The molecule has 3 nitrogen and oxygen atoms in total. The van der Waals surface area contributed by atoms with Crippen molar-refractivity contribution in [1.29, 1.82) is 0 Å². The fourth-order valence-corrected chi connectivity index (χ4v) is 3.21. The van der Waals surface area contributed by atoms with Crippen LogP contribution in [-0.4, -0.2) is 31.3 Å². The Labute approximate surface area is 134 Å². The van der Waals surface area contributed by atoms with E-state index < -0.39 is 0 Å². The number of nitrogens with zero attached hydrogens (tertiary/aromatic N) is 2. The Hall–Kier alpha value is -1.90. The first-order chi connectivity index (χ1) is 10.6. The summed E-state index contributed by atoms with van der Waals surface area (Å²) >= 11 is 0. The minimum Gasteiger partial charge on any atom is -0.507 e. The molecule has 0 unspecified atom stereocenters. The summed E-state index contributed by atoms with van der Waals surface area (Å²) in [6, 6.07) is 8.35. The van der Waals surface area contributed by atoms with E-state index in [2.05, 4.69) is 49.6 Å². The van der Waals surface area contributed by atoms with E-state index in [4.69, 9.17) is 0 Å². The molecule has 0 aliphatic heterocycles. The van der Waals surface area contributed by atoms with Gasteiger partial charge in [0.05, 0.1) is 0 Å². The lowest BCUT2D eigenvalue weighted by Crippen LogP contribution is -2.25. The zero-order valence-corrected chi connectivity index (χ0v) is 14.5. The van der Waals surface area contributed by atoms with Crippen LogP contribution in [0.3, 0.4) is 0 Å². The number of aromatic hydroxyl groups is 1. The van der Waals surface area contributed by atoms with Gasteiger partial charge in [0.2, 0.25) is 0 Å². The molecule has 0 fully saturated rings. The minimum absolute atomic E-state index is 0.403. The van der Waals surface area contributed by atoms with Crippen molar-refractivity contribution in [1.82, 2.24) is 0 Å². The number of benzene rings is 2. The summed E-state index contributed by atoms with van der Waals surface area (Å²) in [5.41, 5.74) is 3.36. The van der Waals surface area contributed by atoms with E-state index in [1.807, 2.05) is 19.1 Å². The first kappa shape index (κ1) is 16.5. The van der Waals surface area contributed by atoms with Crippen molar-refractivity contribution in [2.45, 2.75) is 34.6 Å². The first-order valence-electron chi connectivity index (χ1n) is 8.34. The van der Waals surface area contributed by atoms with Crippen LogP contribution in [0.5, 0.6) is 5.75 Å². The molecule has 0 aliphatic carbocycles. The maximum absolute atomic E-state index is 10.5. The maximum atomic E-state index is 10.5. The highest BCUT2D eigenvalue weighted by atomic mass is 16.3. The number of hydrogen-bond acceptors (Lipinski definition) is 3. The number of hydrogen-bond donors (Lipinski definition) is 1. The van der Waals surface area contributed by atoms with Crippen LogP contribution in [0.4, 0.5) is 11.4 Å². The molecule has 1 N–H and O–H groups in total. The number of anilines is 2. The number of phenolic OH excluding ortho intramolecular Hbond substituents is 1. The van der Waals surface area contributed by atoms with E-state index in [-0.39, 0.29) is 0 Å². The van der Waals surface area contributed by atoms with Crippen LogP contribution in [-0.2, 0) is 0 Å². The largest absolute Gasteiger partial charge is 0.507 e. The minimum atomic E-state index is 0.403. The van der Waals surface area contributed by atoms with Gasteiger partial charge in [-0.2, -0.15) is 0 Å². The first-order valence-corrected chi connectivity index (χ1v) is 8.34. The van der Waals surface area contributed by atoms with Crippen molar-refractivity contribution in [2.75, 3.05) is 36.0 Å². The van der Waals surface area contributed by atoms with Crippen LogP contribution in [0.25, 0.3) is 10.8 Å². The van der Waals surface area contributed by atoms with Gasteiger partial charge in [0.15, 0.2) is 0 Å².